The first-order chi connectivity index (χ1) is 12.3. The highest BCUT2D eigenvalue weighted by atomic mass is 16.2. The molecule has 5 fully saturated rings. The summed E-state index contributed by atoms with van der Waals surface area (Å²) in [7, 11) is 0. The van der Waals surface area contributed by atoms with E-state index in [1.54, 1.807) is 0 Å². The molecule has 5 nitrogen and oxygen atoms in total. The van der Waals surface area contributed by atoms with Crippen molar-refractivity contribution in [2.24, 2.45) is 5.92 Å². The van der Waals surface area contributed by atoms with Crippen molar-refractivity contribution >= 4 is 6.03 Å². The minimum Gasteiger partial charge on any atom is -0.318 e. The summed E-state index contributed by atoms with van der Waals surface area (Å²) in [6.07, 6.45) is 11.0. The van der Waals surface area contributed by atoms with Gasteiger partial charge in [-0.1, -0.05) is 6.42 Å². The molecule has 1 amide bonds. The molecule has 2 atom stereocenters. The molecule has 7 rings (SSSR count). The zero-order chi connectivity index (χ0) is 16.6. The first-order valence-corrected chi connectivity index (χ1v) is 10.4. The van der Waals surface area contributed by atoms with Crippen molar-refractivity contribution in [2.75, 3.05) is 26.2 Å². The molecule has 6 aliphatic rings. The maximum atomic E-state index is 13.5. The van der Waals surface area contributed by atoms with Gasteiger partial charge in [0.1, 0.15) is 0 Å². The molecule has 2 saturated carbocycles. The van der Waals surface area contributed by atoms with Gasteiger partial charge < -0.3 is 9.80 Å². The summed E-state index contributed by atoms with van der Waals surface area (Å²) in [5.41, 5.74) is 4.41. The molecule has 1 aromatic heterocycles. The summed E-state index contributed by atoms with van der Waals surface area (Å²) in [5, 5.41) is 5.03. The van der Waals surface area contributed by atoms with Crippen LogP contribution in [0.4, 0.5) is 4.79 Å². The molecule has 0 aromatic carbocycles. The van der Waals surface area contributed by atoms with Crippen LogP contribution in [-0.2, 0) is 18.3 Å². The Bertz CT molecular complexity index is 732. The molecular weight excluding hydrogens is 312 g/mol. The highest BCUT2D eigenvalue weighted by Crippen LogP contribution is 2.65. The van der Waals surface area contributed by atoms with Gasteiger partial charge in [0.15, 0.2) is 0 Å². The molecule has 2 bridgehead atoms. The third kappa shape index (κ3) is 1.99. The van der Waals surface area contributed by atoms with Gasteiger partial charge in [0.25, 0.3) is 0 Å². The van der Waals surface area contributed by atoms with E-state index in [1.807, 2.05) is 4.68 Å². The standard InChI is InChI=1S/C20H28N4O/c25-19(23-12-11-22-9-6-15(23)7-10-22)24-17-5-1-4-16(17)18(21-24)20-8-2-3-14(20)13-20/h14-15H,1-13H2/t14?,20-/m1/s1. The van der Waals surface area contributed by atoms with Crippen LogP contribution in [0.25, 0.3) is 0 Å². The zero-order valence-electron chi connectivity index (χ0n) is 15.0. The summed E-state index contributed by atoms with van der Waals surface area (Å²) in [6.45, 7) is 4.22. The SMILES string of the molecule is O=C(N1CCN2CCC1CC2)n1nc([C@@]23CCCC2C3)c2c1CCC2. The lowest BCUT2D eigenvalue weighted by molar-refractivity contribution is 0.168. The monoisotopic (exact) mass is 340 g/mol. The Balaban J connectivity index is 1.37. The van der Waals surface area contributed by atoms with Crippen LogP contribution < -0.4 is 0 Å². The Morgan fingerprint density at radius 3 is 2.68 bits per heavy atom. The van der Waals surface area contributed by atoms with Gasteiger partial charge in [0.05, 0.1) is 11.4 Å². The average molecular weight is 340 g/mol. The third-order valence-corrected chi connectivity index (χ3v) is 7.89. The minimum atomic E-state index is 0.171. The Hall–Kier alpha value is -1.36. The number of hydrogen-bond donors (Lipinski definition) is 0. The molecule has 25 heavy (non-hydrogen) atoms. The highest BCUT2D eigenvalue weighted by molar-refractivity contribution is 5.78. The molecule has 1 aromatic rings. The van der Waals surface area contributed by atoms with Gasteiger partial charge in [-0.05, 0) is 62.8 Å². The number of fused-ring (bicyclic) bond motifs is 6. The van der Waals surface area contributed by atoms with E-state index in [0.717, 1.165) is 57.8 Å². The van der Waals surface area contributed by atoms with Gasteiger partial charge >= 0.3 is 6.03 Å². The number of rotatable bonds is 1. The summed E-state index contributed by atoms with van der Waals surface area (Å²) < 4.78 is 1.86. The Labute approximate surface area is 149 Å². The van der Waals surface area contributed by atoms with Crippen molar-refractivity contribution < 1.29 is 4.79 Å². The predicted octanol–water partition coefficient (Wildman–Crippen LogP) is 2.56. The van der Waals surface area contributed by atoms with Crippen LogP contribution in [0.1, 0.15) is 61.9 Å². The zero-order valence-corrected chi connectivity index (χ0v) is 15.0. The normalized spacial score (nSPS) is 38.6. The van der Waals surface area contributed by atoms with Crippen LogP contribution in [0.15, 0.2) is 0 Å². The van der Waals surface area contributed by atoms with Crippen molar-refractivity contribution in [2.45, 2.75) is 69.2 Å². The van der Waals surface area contributed by atoms with E-state index in [2.05, 4.69) is 9.80 Å². The molecule has 134 valence electrons. The smallest absolute Gasteiger partial charge is 0.318 e. The predicted molar refractivity (Wildman–Crippen MR) is 94.9 cm³/mol. The number of hydrogen-bond acceptors (Lipinski definition) is 3. The molecule has 3 aliphatic carbocycles. The van der Waals surface area contributed by atoms with E-state index in [4.69, 9.17) is 5.10 Å². The fourth-order valence-electron chi connectivity index (χ4n) is 6.39. The van der Waals surface area contributed by atoms with Gasteiger partial charge in [-0.25, -0.2) is 4.79 Å². The number of nitrogens with zero attached hydrogens (tertiary/aromatic N) is 4. The highest BCUT2D eigenvalue weighted by Gasteiger charge is 2.60. The Morgan fingerprint density at radius 2 is 1.92 bits per heavy atom. The molecule has 5 heteroatoms. The molecular formula is C20H28N4O. The largest absolute Gasteiger partial charge is 0.345 e. The fourth-order valence-corrected chi connectivity index (χ4v) is 6.39. The van der Waals surface area contributed by atoms with Crippen LogP contribution in [0, 0.1) is 5.92 Å². The molecule has 4 heterocycles. The quantitative estimate of drug-likeness (QED) is 0.789. The van der Waals surface area contributed by atoms with Gasteiger partial charge in [0.2, 0.25) is 0 Å². The van der Waals surface area contributed by atoms with E-state index in [0.29, 0.717) is 11.5 Å². The number of piperidine rings is 1. The molecule has 3 saturated heterocycles. The summed E-state index contributed by atoms with van der Waals surface area (Å²) in [6, 6.07) is 0.596. The molecule has 0 N–H and O–H groups in total. The van der Waals surface area contributed by atoms with Crippen LogP contribution in [0.3, 0.4) is 0 Å². The van der Waals surface area contributed by atoms with Crippen molar-refractivity contribution in [3.05, 3.63) is 17.0 Å². The Kier molecular flexibility index (Phi) is 3.01. The van der Waals surface area contributed by atoms with E-state index < -0.39 is 0 Å². The first kappa shape index (κ1) is 14.8. The molecule has 0 spiro atoms. The minimum absolute atomic E-state index is 0.171. The van der Waals surface area contributed by atoms with E-state index in [9.17, 15) is 4.79 Å². The summed E-state index contributed by atoms with van der Waals surface area (Å²) in [4.78, 5) is 18.1. The summed E-state index contributed by atoms with van der Waals surface area (Å²) in [5.74, 6) is 0.859. The maximum absolute atomic E-state index is 13.5. The van der Waals surface area contributed by atoms with Crippen LogP contribution in [0.5, 0.6) is 0 Å². The van der Waals surface area contributed by atoms with E-state index in [-0.39, 0.29) is 6.03 Å². The van der Waals surface area contributed by atoms with Crippen molar-refractivity contribution in [3.8, 4) is 0 Å². The van der Waals surface area contributed by atoms with E-state index >= 15 is 0 Å². The first-order valence-electron chi connectivity index (χ1n) is 10.4. The lowest BCUT2D eigenvalue weighted by Gasteiger charge is -2.31. The molecule has 3 aliphatic heterocycles. The number of carbonyl (C=O) groups excluding carboxylic acids is 1. The second-order valence-electron chi connectivity index (χ2n) is 9.04. The lowest BCUT2D eigenvalue weighted by Crippen LogP contribution is -2.44. The number of aromatic nitrogens is 2. The van der Waals surface area contributed by atoms with E-state index in [1.165, 1.54) is 49.1 Å². The van der Waals surface area contributed by atoms with Gasteiger partial charge in [-0.2, -0.15) is 9.78 Å². The number of amides is 1. The van der Waals surface area contributed by atoms with Gasteiger partial charge in [-0.15, -0.1) is 0 Å². The lowest BCUT2D eigenvalue weighted by atomic mass is 9.95. The van der Waals surface area contributed by atoms with Gasteiger partial charge in [0, 0.05) is 37.6 Å². The second kappa shape index (κ2) is 5.09. The topological polar surface area (TPSA) is 41.4 Å². The Morgan fingerprint density at radius 1 is 1.04 bits per heavy atom. The fraction of sp³-hybridized carbons (Fsp3) is 0.800. The van der Waals surface area contributed by atoms with Crippen molar-refractivity contribution in [1.29, 1.82) is 0 Å². The number of carbonyl (C=O) groups is 1. The van der Waals surface area contributed by atoms with Crippen LogP contribution in [0.2, 0.25) is 0 Å². The van der Waals surface area contributed by atoms with Crippen LogP contribution >= 0.6 is 0 Å². The third-order valence-electron chi connectivity index (χ3n) is 7.89. The molecule has 1 unspecified atom stereocenters. The van der Waals surface area contributed by atoms with Gasteiger partial charge in [-0.3, -0.25) is 0 Å². The maximum Gasteiger partial charge on any atom is 0.345 e. The van der Waals surface area contributed by atoms with Crippen LogP contribution in [-0.4, -0.2) is 57.8 Å². The molecule has 0 radical (unpaired) electrons. The van der Waals surface area contributed by atoms with Crippen molar-refractivity contribution in [1.82, 2.24) is 19.6 Å². The second-order valence-corrected chi connectivity index (χ2v) is 9.04. The van der Waals surface area contributed by atoms with Crippen molar-refractivity contribution in [3.63, 3.8) is 0 Å². The summed E-state index contributed by atoms with van der Waals surface area (Å²) >= 11 is 0. The average Bonchev–Trinajstić information content (AvgIpc) is 2.91.